The molecule has 1 fully saturated rings. The minimum atomic E-state index is -0.958. The van der Waals surface area contributed by atoms with E-state index in [4.69, 9.17) is 5.84 Å². The van der Waals surface area contributed by atoms with E-state index in [0.29, 0.717) is 12.3 Å². The van der Waals surface area contributed by atoms with Gasteiger partial charge >= 0.3 is 0 Å². The molecule has 0 bridgehead atoms. The van der Waals surface area contributed by atoms with Gasteiger partial charge in [0.2, 0.25) is 0 Å². The third-order valence-corrected chi connectivity index (χ3v) is 5.70. The minimum absolute atomic E-state index is 0.604. The van der Waals surface area contributed by atoms with E-state index in [9.17, 15) is 4.39 Å². The maximum atomic E-state index is 12.1. The number of allylic oxidation sites excluding steroid dienone is 1. The van der Waals surface area contributed by atoms with E-state index in [1.807, 2.05) is 20.0 Å². The van der Waals surface area contributed by atoms with Gasteiger partial charge in [0.1, 0.15) is 5.67 Å². The summed E-state index contributed by atoms with van der Waals surface area (Å²) in [7, 11) is 1.95. The van der Waals surface area contributed by atoms with Crippen LogP contribution in [0.15, 0.2) is 18.2 Å². The quantitative estimate of drug-likeness (QED) is 0.483. The Morgan fingerprint density at radius 1 is 1.37 bits per heavy atom. The number of anilines is 1. The van der Waals surface area contributed by atoms with Crippen LogP contribution in [0.2, 0.25) is 0 Å². The van der Waals surface area contributed by atoms with Gasteiger partial charge < -0.3 is 5.01 Å². The van der Waals surface area contributed by atoms with Crippen molar-refractivity contribution < 1.29 is 4.39 Å². The van der Waals surface area contributed by atoms with Gasteiger partial charge in [0.15, 0.2) is 0 Å². The Hall–Kier alpha value is -1.61. The van der Waals surface area contributed by atoms with Crippen LogP contribution in [0.1, 0.15) is 76.1 Å². The lowest BCUT2D eigenvalue weighted by molar-refractivity contribution is 0.210. The number of hydrazine groups is 1. The molecule has 2 aliphatic rings. The molecule has 2 N–H and O–H groups in total. The monoisotopic (exact) mass is 372 g/mol. The first-order chi connectivity index (χ1) is 12.6. The molecule has 0 spiro atoms. The zero-order valence-corrected chi connectivity index (χ0v) is 18.0. The zero-order valence-electron chi connectivity index (χ0n) is 18.0. The van der Waals surface area contributed by atoms with Gasteiger partial charge in [-0.05, 0) is 81.4 Å². The Balaban J connectivity index is 0.000000380. The van der Waals surface area contributed by atoms with E-state index in [2.05, 4.69) is 32.6 Å². The highest BCUT2D eigenvalue weighted by molar-refractivity contribution is 5.81. The summed E-state index contributed by atoms with van der Waals surface area (Å²) in [4.78, 5) is 0. The van der Waals surface area contributed by atoms with Crippen LogP contribution in [0.5, 0.6) is 0 Å². The number of nitrogens with two attached hydrogens (primary N) is 1. The van der Waals surface area contributed by atoms with E-state index in [0.717, 1.165) is 18.8 Å². The molecule has 1 aromatic rings. The van der Waals surface area contributed by atoms with Crippen LogP contribution >= 0.6 is 0 Å². The van der Waals surface area contributed by atoms with Gasteiger partial charge in [-0.15, -0.1) is 0 Å². The first-order valence-corrected chi connectivity index (χ1v) is 10.2. The molecule has 1 atom stereocenters. The number of hydrogen-bond donors (Lipinski definition) is 1. The third kappa shape index (κ3) is 5.68. The highest BCUT2D eigenvalue weighted by Crippen LogP contribution is 2.42. The van der Waals surface area contributed by atoms with Crippen LogP contribution in [0.25, 0.3) is 12.2 Å². The van der Waals surface area contributed by atoms with Gasteiger partial charge in [-0.25, -0.2) is 10.2 Å². The number of nitrogens with zero attached hydrogens (tertiary/aromatic N) is 1. The fourth-order valence-electron chi connectivity index (χ4n) is 3.62. The molecule has 3 heteroatoms. The third-order valence-electron chi connectivity index (χ3n) is 5.70. The van der Waals surface area contributed by atoms with Gasteiger partial charge in [-0.1, -0.05) is 44.2 Å². The second-order valence-corrected chi connectivity index (χ2v) is 8.93. The molecule has 3 rings (SSSR count). The molecule has 150 valence electrons. The van der Waals surface area contributed by atoms with E-state index >= 15 is 0 Å². The number of rotatable bonds is 5. The van der Waals surface area contributed by atoms with Crippen molar-refractivity contribution in [2.75, 3.05) is 12.1 Å². The van der Waals surface area contributed by atoms with Gasteiger partial charge in [0.25, 0.3) is 0 Å². The van der Waals surface area contributed by atoms with Crippen molar-refractivity contribution in [1.82, 2.24) is 0 Å². The van der Waals surface area contributed by atoms with Crippen LogP contribution in [0.4, 0.5) is 10.1 Å². The van der Waals surface area contributed by atoms with Crippen molar-refractivity contribution in [3.63, 3.8) is 0 Å². The van der Waals surface area contributed by atoms with Crippen LogP contribution in [-0.4, -0.2) is 12.7 Å². The molecule has 0 aliphatic heterocycles. The van der Waals surface area contributed by atoms with Crippen LogP contribution < -0.4 is 10.9 Å². The highest BCUT2D eigenvalue weighted by atomic mass is 19.1. The fourth-order valence-corrected chi connectivity index (χ4v) is 3.62. The van der Waals surface area contributed by atoms with E-state index in [1.54, 1.807) is 18.9 Å². The Morgan fingerprint density at radius 2 is 1.96 bits per heavy atom. The van der Waals surface area contributed by atoms with Gasteiger partial charge in [-0.2, -0.15) is 0 Å². The van der Waals surface area contributed by atoms with Crippen LogP contribution in [0.3, 0.4) is 0 Å². The molecule has 1 saturated carbocycles. The van der Waals surface area contributed by atoms with E-state index < -0.39 is 5.67 Å². The number of hydrogen-bond acceptors (Lipinski definition) is 2. The van der Waals surface area contributed by atoms with Crippen molar-refractivity contribution >= 4 is 17.8 Å². The predicted molar refractivity (Wildman–Crippen MR) is 118 cm³/mol. The summed E-state index contributed by atoms with van der Waals surface area (Å²) in [6, 6.07) is 2.32. The topological polar surface area (TPSA) is 29.3 Å². The second-order valence-electron chi connectivity index (χ2n) is 8.93. The van der Waals surface area contributed by atoms with Gasteiger partial charge in [0.05, 0.1) is 5.69 Å². The lowest BCUT2D eigenvalue weighted by Gasteiger charge is -2.22. The minimum Gasteiger partial charge on any atom is -0.313 e. The average molecular weight is 373 g/mol. The van der Waals surface area contributed by atoms with E-state index in [-0.39, 0.29) is 0 Å². The molecule has 27 heavy (non-hydrogen) atoms. The second kappa shape index (κ2) is 8.60. The molecule has 0 saturated heterocycles. The Kier molecular flexibility index (Phi) is 6.91. The lowest BCUT2D eigenvalue weighted by Crippen LogP contribution is -2.27. The average Bonchev–Trinajstić information content (AvgIpc) is 3.36. The SMILES string of the molecule is C=Cc1cc2c(c(N(C)N)c1/C=C(\C)C1CC1)CC(C)C2.CCC(C)(C)F. The summed E-state index contributed by atoms with van der Waals surface area (Å²) in [6.07, 6.45) is 9.88. The van der Waals surface area contributed by atoms with Gasteiger partial charge in [-0.3, -0.25) is 0 Å². The first kappa shape index (κ1) is 21.7. The summed E-state index contributed by atoms with van der Waals surface area (Å²) in [5, 5.41) is 1.80. The molecule has 2 aliphatic carbocycles. The molecule has 1 unspecified atom stereocenters. The standard InChI is InChI=1S/C19H26N2.C5H11F/c1-5-14-11-16-8-12(2)9-17(16)19(21(4)20)18(14)10-13(3)15-6-7-15;1-4-5(2,3)6/h5,10-12,15H,1,6-9,20H2,2-4H3;4H2,1-3H3/b13-10+;. The van der Waals surface area contributed by atoms with Crippen molar-refractivity contribution in [3.8, 4) is 0 Å². The normalized spacial score (nSPS) is 19.3. The van der Waals surface area contributed by atoms with Crippen molar-refractivity contribution in [2.24, 2.45) is 17.7 Å². The molecule has 0 amide bonds. The highest BCUT2D eigenvalue weighted by Gasteiger charge is 2.27. The molecular formula is C24H37FN2. The first-order valence-electron chi connectivity index (χ1n) is 10.2. The molecule has 0 aromatic heterocycles. The molecule has 0 heterocycles. The number of alkyl halides is 1. The fraction of sp³-hybridized carbons (Fsp3) is 0.583. The number of benzene rings is 1. The Bertz CT molecular complexity index is 706. The van der Waals surface area contributed by atoms with Crippen molar-refractivity contribution in [2.45, 2.75) is 72.4 Å². The zero-order chi connectivity index (χ0) is 20.4. The number of halogens is 1. The summed E-state index contributed by atoms with van der Waals surface area (Å²) >= 11 is 0. The molecule has 1 aromatic carbocycles. The van der Waals surface area contributed by atoms with Crippen LogP contribution in [0, 0.1) is 11.8 Å². The van der Waals surface area contributed by atoms with E-state index in [1.165, 1.54) is 46.4 Å². The maximum Gasteiger partial charge on any atom is 0.105 e. The maximum absolute atomic E-state index is 12.1. The largest absolute Gasteiger partial charge is 0.313 e. The predicted octanol–water partition coefficient (Wildman–Crippen LogP) is 6.33. The van der Waals surface area contributed by atoms with Crippen molar-refractivity contribution in [1.29, 1.82) is 0 Å². The van der Waals surface area contributed by atoms with Crippen LogP contribution in [-0.2, 0) is 12.8 Å². The Morgan fingerprint density at radius 3 is 2.41 bits per heavy atom. The van der Waals surface area contributed by atoms with Gasteiger partial charge in [0, 0.05) is 12.6 Å². The number of fused-ring (bicyclic) bond motifs is 1. The summed E-state index contributed by atoms with van der Waals surface area (Å²) in [5.41, 5.74) is 7.08. The molecular weight excluding hydrogens is 335 g/mol. The molecule has 0 radical (unpaired) electrons. The molecule has 2 nitrogen and oxygen atoms in total. The summed E-state index contributed by atoms with van der Waals surface area (Å²) < 4.78 is 12.1. The Labute approximate surface area is 165 Å². The smallest absolute Gasteiger partial charge is 0.105 e. The van der Waals surface area contributed by atoms with Crippen molar-refractivity contribution in [3.05, 3.63) is 40.5 Å². The summed E-state index contributed by atoms with van der Waals surface area (Å²) in [5.74, 6) is 7.69. The lowest BCUT2D eigenvalue weighted by atomic mass is 9.94. The summed E-state index contributed by atoms with van der Waals surface area (Å²) in [6.45, 7) is 13.6.